The first-order chi connectivity index (χ1) is 11.1. The van der Waals surface area contributed by atoms with Gasteiger partial charge in [0, 0.05) is 30.2 Å². The average molecular weight is 376 g/mol. The minimum Gasteiger partial charge on any atom is -0.381 e. The van der Waals surface area contributed by atoms with Gasteiger partial charge in [0.1, 0.15) is 0 Å². The third-order valence-corrected chi connectivity index (χ3v) is 4.41. The van der Waals surface area contributed by atoms with Crippen molar-refractivity contribution in [3.05, 3.63) is 34.9 Å². The molecular formula is C16H23Cl2N3O3. The fraction of sp³-hybridized carbons (Fsp3) is 0.500. The van der Waals surface area contributed by atoms with Crippen LogP contribution in [0.3, 0.4) is 0 Å². The van der Waals surface area contributed by atoms with Gasteiger partial charge in [-0.05, 0) is 30.5 Å². The van der Waals surface area contributed by atoms with Crippen LogP contribution in [0.5, 0.6) is 0 Å². The number of halogens is 2. The molecule has 0 saturated carbocycles. The zero-order valence-corrected chi connectivity index (χ0v) is 14.9. The topological polar surface area (TPSA) is 93.5 Å². The summed E-state index contributed by atoms with van der Waals surface area (Å²) in [6, 6.07) is 7.71. The van der Waals surface area contributed by atoms with Crippen LogP contribution in [0.25, 0.3) is 0 Å². The predicted molar refractivity (Wildman–Crippen MR) is 95.5 cm³/mol. The van der Waals surface area contributed by atoms with E-state index in [9.17, 15) is 9.59 Å². The minimum atomic E-state index is -0.348. The van der Waals surface area contributed by atoms with Crippen molar-refractivity contribution >= 4 is 35.8 Å². The lowest BCUT2D eigenvalue weighted by Gasteiger charge is -2.38. The Labute approximate surface area is 152 Å². The third-order valence-electron chi connectivity index (χ3n) is 4.16. The maximum absolute atomic E-state index is 11.9. The lowest BCUT2D eigenvalue weighted by molar-refractivity contribution is -0.125. The van der Waals surface area contributed by atoms with Crippen molar-refractivity contribution in [1.82, 2.24) is 10.6 Å². The van der Waals surface area contributed by atoms with Gasteiger partial charge in [0.25, 0.3) is 0 Å². The summed E-state index contributed by atoms with van der Waals surface area (Å²) in [6.07, 6.45) is 1.65. The van der Waals surface area contributed by atoms with Crippen LogP contribution >= 0.6 is 24.0 Å². The van der Waals surface area contributed by atoms with E-state index >= 15 is 0 Å². The number of hydrogen-bond acceptors (Lipinski definition) is 4. The smallest absolute Gasteiger partial charge is 0.239 e. The molecule has 1 aromatic rings. The summed E-state index contributed by atoms with van der Waals surface area (Å²) in [5.41, 5.74) is 6.16. The van der Waals surface area contributed by atoms with Gasteiger partial charge < -0.3 is 21.1 Å². The standard InChI is InChI=1S/C16H22ClN3O3.ClH/c17-13-3-1-12(2-4-13)16(5-7-23-8-6-16)11-20-15(22)10-19-14(21)9-18;/h1-4H,5-11,18H2,(H,19,21)(H,20,22);1H. The number of rotatable bonds is 6. The Morgan fingerprint density at radius 3 is 2.33 bits per heavy atom. The van der Waals surface area contributed by atoms with Gasteiger partial charge in [-0.15, -0.1) is 12.4 Å². The maximum Gasteiger partial charge on any atom is 0.239 e. The number of amides is 2. The van der Waals surface area contributed by atoms with E-state index in [0.717, 1.165) is 18.4 Å². The first-order valence-corrected chi connectivity index (χ1v) is 8.01. The summed E-state index contributed by atoms with van der Waals surface area (Å²) in [6.45, 7) is 1.61. The average Bonchev–Trinajstić information content (AvgIpc) is 2.59. The highest BCUT2D eigenvalue weighted by Crippen LogP contribution is 2.34. The number of ether oxygens (including phenoxy) is 1. The van der Waals surface area contributed by atoms with Gasteiger partial charge in [-0.25, -0.2) is 0 Å². The van der Waals surface area contributed by atoms with E-state index in [1.54, 1.807) is 0 Å². The van der Waals surface area contributed by atoms with Gasteiger partial charge in [0.15, 0.2) is 0 Å². The van der Waals surface area contributed by atoms with Crippen molar-refractivity contribution in [2.24, 2.45) is 5.73 Å². The highest BCUT2D eigenvalue weighted by atomic mass is 35.5. The molecule has 1 saturated heterocycles. The van der Waals surface area contributed by atoms with Gasteiger partial charge in [-0.2, -0.15) is 0 Å². The van der Waals surface area contributed by atoms with Crippen LogP contribution in [0.4, 0.5) is 0 Å². The highest BCUT2D eigenvalue weighted by Gasteiger charge is 2.34. The third kappa shape index (κ3) is 5.63. The predicted octanol–water partition coefficient (Wildman–Crippen LogP) is 1.00. The molecule has 24 heavy (non-hydrogen) atoms. The van der Waals surface area contributed by atoms with E-state index in [0.29, 0.717) is 24.8 Å². The monoisotopic (exact) mass is 375 g/mol. The summed E-state index contributed by atoms with van der Waals surface area (Å²) in [4.78, 5) is 23.0. The molecule has 2 rings (SSSR count). The van der Waals surface area contributed by atoms with Gasteiger partial charge in [0.2, 0.25) is 11.8 Å². The van der Waals surface area contributed by atoms with E-state index in [-0.39, 0.29) is 42.7 Å². The Balaban J connectivity index is 0.00000288. The van der Waals surface area contributed by atoms with Crippen LogP contribution in [0.15, 0.2) is 24.3 Å². The molecule has 0 aliphatic carbocycles. The van der Waals surface area contributed by atoms with E-state index in [4.69, 9.17) is 22.1 Å². The lowest BCUT2D eigenvalue weighted by atomic mass is 9.74. The molecule has 0 aromatic heterocycles. The molecule has 0 atom stereocenters. The highest BCUT2D eigenvalue weighted by molar-refractivity contribution is 6.30. The van der Waals surface area contributed by atoms with Crippen LogP contribution in [0.2, 0.25) is 5.02 Å². The van der Waals surface area contributed by atoms with Crippen LogP contribution in [0, 0.1) is 0 Å². The van der Waals surface area contributed by atoms with Crippen molar-refractivity contribution in [3.63, 3.8) is 0 Å². The summed E-state index contributed by atoms with van der Waals surface area (Å²) in [5, 5.41) is 6.05. The molecule has 0 spiro atoms. The number of carbonyl (C=O) groups excluding carboxylic acids is 2. The summed E-state index contributed by atoms with van der Waals surface area (Å²) >= 11 is 5.96. The number of hydrogen-bond donors (Lipinski definition) is 3. The van der Waals surface area contributed by atoms with Crippen LogP contribution in [-0.2, 0) is 19.7 Å². The number of carbonyl (C=O) groups is 2. The second-order valence-electron chi connectivity index (χ2n) is 5.66. The Morgan fingerprint density at radius 2 is 1.75 bits per heavy atom. The summed E-state index contributed by atoms with van der Waals surface area (Å²) < 4.78 is 5.46. The van der Waals surface area contributed by atoms with Crippen molar-refractivity contribution < 1.29 is 14.3 Å². The van der Waals surface area contributed by atoms with Crippen LogP contribution in [0.1, 0.15) is 18.4 Å². The van der Waals surface area contributed by atoms with Crippen molar-refractivity contribution in [2.75, 3.05) is 32.8 Å². The number of benzene rings is 1. The Hall–Kier alpha value is -1.34. The van der Waals surface area contributed by atoms with Gasteiger partial charge in [0.05, 0.1) is 13.1 Å². The normalized spacial score (nSPS) is 15.9. The Kier molecular flexibility index (Phi) is 8.48. The fourth-order valence-electron chi connectivity index (χ4n) is 2.71. The lowest BCUT2D eigenvalue weighted by Crippen LogP contribution is -2.47. The molecule has 1 heterocycles. The maximum atomic E-state index is 11.9. The van der Waals surface area contributed by atoms with Crippen LogP contribution in [-0.4, -0.2) is 44.7 Å². The molecule has 1 fully saturated rings. The van der Waals surface area contributed by atoms with Crippen LogP contribution < -0.4 is 16.4 Å². The summed E-state index contributed by atoms with van der Waals surface area (Å²) in [5.74, 6) is -0.578. The first-order valence-electron chi connectivity index (χ1n) is 7.63. The molecule has 2 amide bonds. The molecule has 6 nitrogen and oxygen atoms in total. The van der Waals surface area contributed by atoms with E-state index in [1.807, 2.05) is 24.3 Å². The van der Waals surface area contributed by atoms with E-state index in [2.05, 4.69) is 10.6 Å². The summed E-state index contributed by atoms with van der Waals surface area (Å²) in [7, 11) is 0. The van der Waals surface area contributed by atoms with E-state index in [1.165, 1.54) is 0 Å². The van der Waals surface area contributed by atoms with Gasteiger partial charge in [-0.3, -0.25) is 9.59 Å². The quantitative estimate of drug-likeness (QED) is 0.691. The number of nitrogens with one attached hydrogen (secondary N) is 2. The SMILES string of the molecule is Cl.NCC(=O)NCC(=O)NCC1(c2ccc(Cl)cc2)CCOCC1. The number of nitrogens with two attached hydrogens (primary N) is 1. The van der Waals surface area contributed by atoms with Gasteiger partial charge >= 0.3 is 0 Å². The Morgan fingerprint density at radius 1 is 1.12 bits per heavy atom. The second-order valence-corrected chi connectivity index (χ2v) is 6.09. The first kappa shape index (κ1) is 20.7. The minimum absolute atomic E-state index is 0. The molecule has 0 unspecified atom stereocenters. The molecule has 134 valence electrons. The van der Waals surface area contributed by atoms with Gasteiger partial charge in [-0.1, -0.05) is 23.7 Å². The molecule has 1 aliphatic rings. The Bertz CT molecular complexity index is 546. The molecule has 1 aliphatic heterocycles. The molecule has 0 bridgehead atoms. The van der Waals surface area contributed by atoms with Crippen molar-refractivity contribution in [3.8, 4) is 0 Å². The van der Waals surface area contributed by atoms with Crippen molar-refractivity contribution in [1.29, 1.82) is 0 Å². The fourth-order valence-corrected chi connectivity index (χ4v) is 2.84. The largest absolute Gasteiger partial charge is 0.381 e. The zero-order chi connectivity index (χ0) is 16.7. The molecular weight excluding hydrogens is 353 g/mol. The zero-order valence-electron chi connectivity index (χ0n) is 13.3. The second kappa shape index (κ2) is 9.84. The van der Waals surface area contributed by atoms with E-state index < -0.39 is 0 Å². The van der Waals surface area contributed by atoms with Crippen molar-refractivity contribution in [2.45, 2.75) is 18.3 Å². The molecule has 1 aromatic carbocycles. The molecule has 4 N–H and O–H groups in total. The molecule has 0 radical (unpaired) electrons. The molecule has 8 heteroatoms.